The molecule has 3 N–H and O–H groups in total. The highest BCUT2D eigenvalue weighted by Crippen LogP contribution is 2.20. The topological polar surface area (TPSA) is 55.7 Å². The van der Waals surface area contributed by atoms with Crippen LogP contribution in [0.3, 0.4) is 0 Å². The summed E-state index contributed by atoms with van der Waals surface area (Å²) >= 11 is 0. The number of phenolic OH excluding ortho intramolecular Hbond substituents is 1. The lowest BCUT2D eigenvalue weighted by atomic mass is 10.1. The van der Waals surface area contributed by atoms with Crippen LogP contribution in [0.5, 0.6) is 5.75 Å². The number of aryl methyl sites for hydroxylation is 1. The molecule has 4 nitrogen and oxygen atoms in total. The van der Waals surface area contributed by atoms with E-state index in [-0.39, 0.29) is 6.10 Å². The van der Waals surface area contributed by atoms with Crippen molar-refractivity contribution in [3.05, 3.63) is 59.2 Å². The zero-order valence-electron chi connectivity index (χ0n) is 13.5. The summed E-state index contributed by atoms with van der Waals surface area (Å²) in [7, 11) is 0. The van der Waals surface area contributed by atoms with Crippen LogP contribution >= 0.6 is 0 Å². The summed E-state index contributed by atoms with van der Waals surface area (Å²) in [5.41, 5.74) is 4.27. The number of aliphatic hydroxyl groups excluding tert-OH is 1. The number of hydrogen-bond acceptors (Lipinski definition) is 4. The van der Waals surface area contributed by atoms with Crippen molar-refractivity contribution in [2.75, 3.05) is 18.4 Å². The van der Waals surface area contributed by atoms with Crippen LogP contribution in [0.4, 0.5) is 5.69 Å². The predicted octanol–water partition coefficient (Wildman–Crippen LogP) is 2.88. The Kier molecular flexibility index (Phi) is 4.84. The lowest BCUT2D eigenvalue weighted by Crippen LogP contribution is -2.21. The Labute approximate surface area is 137 Å². The van der Waals surface area contributed by atoms with E-state index in [9.17, 15) is 10.2 Å². The van der Waals surface area contributed by atoms with E-state index >= 15 is 0 Å². The summed E-state index contributed by atoms with van der Waals surface area (Å²) in [6.07, 6.45) is 0.694. The van der Waals surface area contributed by atoms with Crippen LogP contribution in [0.15, 0.2) is 42.5 Å². The van der Waals surface area contributed by atoms with Gasteiger partial charge in [-0.3, -0.25) is 4.90 Å². The quantitative estimate of drug-likeness (QED) is 0.794. The van der Waals surface area contributed by atoms with Gasteiger partial charge in [0.05, 0.1) is 6.10 Å². The van der Waals surface area contributed by atoms with E-state index in [0.717, 1.165) is 42.9 Å². The average molecular weight is 312 g/mol. The van der Waals surface area contributed by atoms with Crippen molar-refractivity contribution in [2.45, 2.75) is 32.5 Å². The second-order valence-corrected chi connectivity index (χ2v) is 6.35. The van der Waals surface area contributed by atoms with E-state index in [0.29, 0.717) is 12.3 Å². The molecule has 1 fully saturated rings. The number of nitrogens with zero attached hydrogens (tertiary/aromatic N) is 1. The molecule has 3 rings (SSSR count). The van der Waals surface area contributed by atoms with E-state index in [4.69, 9.17) is 0 Å². The third-order valence-corrected chi connectivity index (χ3v) is 4.35. The van der Waals surface area contributed by atoms with Gasteiger partial charge in [0.1, 0.15) is 5.75 Å². The first-order chi connectivity index (χ1) is 11.1. The molecule has 0 aliphatic carbocycles. The van der Waals surface area contributed by atoms with Gasteiger partial charge in [0.2, 0.25) is 0 Å². The molecule has 1 saturated heterocycles. The normalized spacial score (nSPS) is 18.3. The predicted molar refractivity (Wildman–Crippen MR) is 92.5 cm³/mol. The second kappa shape index (κ2) is 7.02. The number of nitrogens with one attached hydrogen (secondary N) is 1. The molecule has 1 heterocycles. The number of benzene rings is 2. The van der Waals surface area contributed by atoms with Crippen LogP contribution in [0, 0.1) is 6.92 Å². The number of hydrogen-bond donors (Lipinski definition) is 3. The SMILES string of the molecule is Cc1ccc(CNc2cccc(CN3CCC(O)C3)c2)cc1O. The maximum absolute atomic E-state index is 9.77. The molecule has 1 unspecified atom stereocenters. The Balaban J connectivity index is 1.59. The fourth-order valence-electron chi connectivity index (χ4n) is 2.96. The minimum atomic E-state index is -0.175. The summed E-state index contributed by atoms with van der Waals surface area (Å²) in [5.74, 6) is 0.339. The van der Waals surface area contributed by atoms with E-state index in [1.807, 2.05) is 19.1 Å². The van der Waals surface area contributed by atoms with Crippen molar-refractivity contribution in [2.24, 2.45) is 0 Å². The van der Waals surface area contributed by atoms with Crippen molar-refractivity contribution in [1.29, 1.82) is 0 Å². The van der Waals surface area contributed by atoms with Crippen molar-refractivity contribution < 1.29 is 10.2 Å². The molecule has 4 heteroatoms. The average Bonchev–Trinajstić information content (AvgIpc) is 2.94. The highest BCUT2D eigenvalue weighted by molar-refractivity contribution is 5.47. The van der Waals surface area contributed by atoms with Crippen molar-refractivity contribution in [1.82, 2.24) is 4.90 Å². The summed E-state index contributed by atoms with van der Waals surface area (Å²) in [6.45, 7) is 5.17. The monoisotopic (exact) mass is 312 g/mol. The van der Waals surface area contributed by atoms with Crippen molar-refractivity contribution >= 4 is 5.69 Å². The van der Waals surface area contributed by atoms with E-state index < -0.39 is 0 Å². The van der Waals surface area contributed by atoms with Crippen LogP contribution in [0.25, 0.3) is 0 Å². The lowest BCUT2D eigenvalue weighted by molar-refractivity contribution is 0.175. The first-order valence-corrected chi connectivity index (χ1v) is 8.12. The summed E-state index contributed by atoms with van der Waals surface area (Å²) in [6, 6.07) is 14.1. The Morgan fingerprint density at radius 2 is 2.04 bits per heavy atom. The first-order valence-electron chi connectivity index (χ1n) is 8.12. The van der Waals surface area contributed by atoms with Gasteiger partial charge >= 0.3 is 0 Å². The maximum Gasteiger partial charge on any atom is 0.118 e. The van der Waals surface area contributed by atoms with Crippen LogP contribution in [0.2, 0.25) is 0 Å². The number of phenols is 1. The number of aliphatic hydroxyl groups is 1. The molecule has 2 aromatic carbocycles. The number of aromatic hydroxyl groups is 1. The summed E-state index contributed by atoms with van der Waals surface area (Å²) < 4.78 is 0. The molecule has 1 aliphatic heterocycles. The van der Waals surface area contributed by atoms with Gasteiger partial charge in [0.25, 0.3) is 0 Å². The molecule has 0 spiro atoms. The molecule has 2 aromatic rings. The molecule has 1 aliphatic rings. The number of β-amino-alcohol motifs (C(OH)–C–C–N with tert-alkyl or cyclic N) is 1. The van der Waals surface area contributed by atoms with Gasteiger partial charge < -0.3 is 15.5 Å². The number of anilines is 1. The van der Waals surface area contributed by atoms with E-state index in [1.165, 1.54) is 5.56 Å². The van der Waals surface area contributed by atoms with E-state index in [1.54, 1.807) is 6.07 Å². The molecule has 0 amide bonds. The third-order valence-electron chi connectivity index (χ3n) is 4.35. The number of rotatable bonds is 5. The molecular formula is C19H24N2O2. The summed E-state index contributed by atoms with van der Waals surface area (Å²) in [4.78, 5) is 2.28. The Bertz CT molecular complexity index is 672. The maximum atomic E-state index is 9.77. The highest BCUT2D eigenvalue weighted by atomic mass is 16.3. The molecule has 122 valence electrons. The molecule has 1 atom stereocenters. The standard InChI is InChI=1S/C19H24N2O2/c1-14-5-6-15(10-19(14)23)11-20-17-4-2-3-16(9-17)12-21-8-7-18(22)13-21/h2-6,9-10,18,20,22-23H,7-8,11-13H2,1H3. The van der Waals surface area contributed by atoms with Crippen LogP contribution in [-0.2, 0) is 13.1 Å². The minimum absolute atomic E-state index is 0.175. The molecular weight excluding hydrogens is 288 g/mol. The van der Waals surface area contributed by atoms with E-state index in [2.05, 4.69) is 34.5 Å². The Morgan fingerprint density at radius 3 is 2.78 bits per heavy atom. The zero-order chi connectivity index (χ0) is 16.2. The molecule has 0 saturated carbocycles. The van der Waals surface area contributed by atoms with Crippen LogP contribution in [0.1, 0.15) is 23.1 Å². The molecule has 0 radical (unpaired) electrons. The largest absolute Gasteiger partial charge is 0.508 e. The van der Waals surface area contributed by atoms with Gasteiger partial charge in [-0.15, -0.1) is 0 Å². The zero-order valence-corrected chi connectivity index (χ0v) is 13.5. The Hall–Kier alpha value is -2.04. The fourth-order valence-corrected chi connectivity index (χ4v) is 2.96. The van der Waals surface area contributed by atoms with Crippen molar-refractivity contribution in [3.63, 3.8) is 0 Å². The third kappa shape index (κ3) is 4.24. The smallest absolute Gasteiger partial charge is 0.118 e. The Morgan fingerprint density at radius 1 is 1.17 bits per heavy atom. The van der Waals surface area contributed by atoms with Gasteiger partial charge in [0.15, 0.2) is 0 Å². The summed E-state index contributed by atoms with van der Waals surface area (Å²) in [5, 5.41) is 22.8. The van der Waals surface area contributed by atoms with Gasteiger partial charge in [0, 0.05) is 31.9 Å². The fraction of sp³-hybridized carbons (Fsp3) is 0.368. The lowest BCUT2D eigenvalue weighted by Gasteiger charge is -2.16. The van der Waals surface area contributed by atoms with Crippen LogP contribution in [-0.4, -0.2) is 34.3 Å². The van der Waals surface area contributed by atoms with Gasteiger partial charge in [-0.1, -0.05) is 24.3 Å². The van der Waals surface area contributed by atoms with Gasteiger partial charge in [-0.2, -0.15) is 0 Å². The van der Waals surface area contributed by atoms with Crippen molar-refractivity contribution in [3.8, 4) is 5.75 Å². The molecule has 23 heavy (non-hydrogen) atoms. The first kappa shape index (κ1) is 15.8. The van der Waals surface area contributed by atoms with Crippen LogP contribution < -0.4 is 5.32 Å². The number of likely N-dealkylation sites (tertiary alicyclic amines) is 1. The highest BCUT2D eigenvalue weighted by Gasteiger charge is 2.19. The minimum Gasteiger partial charge on any atom is -0.508 e. The van der Waals surface area contributed by atoms with Gasteiger partial charge in [-0.05, 0) is 48.2 Å². The van der Waals surface area contributed by atoms with Gasteiger partial charge in [-0.25, -0.2) is 0 Å². The molecule has 0 bridgehead atoms. The molecule has 0 aromatic heterocycles. The second-order valence-electron chi connectivity index (χ2n) is 6.35.